The number of amides is 1. The Bertz CT molecular complexity index is 1300. The van der Waals surface area contributed by atoms with Crippen LogP contribution in [0.2, 0.25) is 0 Å². The van der Waals surface area contributed by atoms with E-state index in [2.05, 4.69) is 10.2 Å². The van der Waals surface area contributed by atoms with Crippen molar-refractivity contribution >= 4 is 27.3 Å². The third-order valence-electron chi connectivity index (χ3n) is 6.86. The molecule has 3 aromatic rings. The van der Waals surface area contributed by atoms with Gasteiger partial charge in [0.2, 0.25) is 15.9 Å². The molecule has 10 heteroatoms. The number of carbonyl (C=O) groups excluding carboxylic acids is 1. The van der Waals surface area contributed by atoms with Gasteiger partial charge in [-0.3, -0.25) is 4.79 Å². The Morgan fingerprint density at radius 3 is 2.74 bits per heavy atom. The zero-order chi connectivity index (χ0) is 23.7. The topological polar surface area (TPSA) is 123 Å². The van der Waals surface area contributed by atoms with Crippen LogP contribution in [0.3, 0.4) is 0 Å². The van der Waals surface area contributed by atoms with E-state index in [1.165, 1.54) is 36.2 Å². The van der Waals surface area contributed by atoms with Gasteiger partial charge in [-0.2, -0.15) is 5.10 Å². The molecule has 1 aromatic carbocycles. The van der Waals surface area contributed by atoms with E-state index in [9.17, 15) is 13.2 Å². The maximum Gasteiger partial charge on any atom is 0.238 e. The first-order valence-corrected chi connectivity index (χ1v) is 13.4. The molecular formula is C24H30N6O3S. The highest BCUT2D eigenvalue weighted by Crippen LogP contribution is 2.32. The summed E-state index contributed by atoms with van der Waals surface area (Å²) in [6.07, 6.45) is 10.5. The third kappa shape index (κ3) is 4.65. The Labute approximate surface area is 199 Å². The monoisotopic (exact) mass is 482 g/mol. The molecule has 180 valence electrons. The molecule has 1 saturated heterocycles. The number of hydrogen-bond acceptors (Lipinski definition) is 6. The number of aryl methyl sites for hydroxylation is 2. The molecule has 1 aliphatic carbocycles. The molecule has 2 aliphatic rings. The predicted molar refractivity (Wildman–Crippen MR) is 129 cm³/mol. The number of nitrogens with zero attached hydrogens (tertiary/aromatic N) is 4. The van der Waals surface area contributed by atoms with Crippen molar-refractivity contribution in [3.63, 3.8) is 0 Å². The SMILES string of the molecule is NS(=O)(=O)c1ccc(CCNC(=O)[C@@H]2CCCN(c3nccn4nc5c(c34)CCCC5)C2)cc1. The molecule has 0 spiro atoms. The van der Waals surface area contributed by atoms with Crippen LogP contribution in [0.4, 0.5) is 5.82 Å². The zero-order valence-corrected chi connectivity index (χ0v) is 19.9. The van der Waals surface area contributed by atoms with E-state index in [1.807, 2.05) is 10.7 Å². The Hall–Kier alpha value is -2.98. The number of nitrogens with one attached hydrogen (secondary N) is 1. The molecule has 1 amide bonds. The third-order valence-corrected chi connectivity index (χ3v) is 7.78. The van der Waals surface area contributed by atoms with Gasteiger partial charge in [0.1, 0.15) is 5.52 Å². The van der Waals surface area contributed by atoms with Gasteiger partial charge in [0.05, 0.1) is 16.5 Å². The lowest BCUT2D eigenvalue weighted by Crippen LogP contribution is -2.44. The van der Waals surface area contributed by atoms with Gasteiger partial charge in [-0.15, -0.1) is 0 Å². The quantitative estimate of drug-likeness (QED) is 0.553. The average Bonchev–Trinajstić information content (AvgIpc) is 3.23. The van der Waals surface area contributed by atoms with Crippen molar-refractivity contribution in [1.29, 1.82) is 0 Å². The number of benzene rings is 1. The van der Waals surface area contributed by atoms with Gasteiger partial charge in [-0.05, 0) is 62.6 Å². The van der Waals surface area contributed by atoms with Gasteiger partial charge in [0, 0.05) is 37.6 Å². The maximum absolute atomic E-state index is 12.9. The smallest absolute Gasteiger partial charge is 0.238 e. The number of aromatic nitrogens is 3. The van der Waals surface area contributed by atoms with Crippen molar-refractivity contribution in [1.82, 2.24) is 19.9 Å². The number of piperidine rings is 1. The van der Waals surface area contributed by atoms with Gasteiger partial charge in [-0.1, -0.05) is 12.1 Å². The van der Waals surface area contributed by atoms with Gasteiger partial charge in [0.25, 0.3) is 0 Å². The molecule has 0 radical (unpaired) electrons. The second-order valence-corrected chi connectivity index (χ2v) is 10.8. The van der Waals surface area contributed by atoms with E-state index >= 15 is 0 Å². The Morgan fingerprint density at radius 1 is 1.15 bits per heavy atom. The highest BCUT2D eigenvalue weighted by atomic mass is 32.2. The fourth-order valence-corrected chi connectivity index (χ4v) is 5.60. The van der Waals surface area contributed by atoms with Crippen LogP contribution in [0.1, 0.15) is 42.5 Å². The fourth-order valence-electron chi connectivity index (χ4n) is 5.08. The van der Waals surface area contributed by atoms with E-state index in [1.54, 1.807) is 18.3 Å². The van der Waals surface area contributed by atoms with Crippen molar-refractivity contribution in [3.8, 4) is 0 Å². The van der Waals surface area contributed by atoms with Crippen LogP contribution >= 0.6 is 0 Å². The van der Waals surface area contributed by atoms with E-state index < -0.39 is 10.0 Å². The van der Waals surface area contributed by atoms with Gasteiger partial charge < -0.3 is 10.2 Å². The van der Waals surface area contributed by atoms with E-state index in [-0.39, 0.29) is 16.7 Å². The minimum Gasteiger partial charge on any atom is -0.355 e. The normalized spacial score (nSPS) is 18.6. The van der Waals surface area contributed by atoms with Gasteiger partial charge in [0.15, 0.2) is 5.82 Å². The van der Waals surface area contributed by atoms with Crippen LogP contribution in [0.5, 0.6) is 0 Å². The summed E-state index contributed by atoms with van der Waals surface area (Å²) in [5.74, 6) is 0.887. The zero-order valence-electron chi connectivity index (χ0n) is 19.1. The van der Waals surface area contributed by atoms with Crippen LogP contribution in [0, 0.1) is 5.92 Å². The molecule has 0 unspecified atom stereocenters. The van der Waals surface area contributed by atoms with Crippen LogP contribution in [-0.2, 0) is 34.1 Å². The molecule has 5 rings (SSSR count). The molecule has 9 nitrogen and oxygen atoms in total. The average molecular weight is 483 g/mol. The number of sulfonamides is 1. The summed E-state index contributed by atoms with van der Waals surface area (Å²) in [5, 5.41) is 13.0. The Kier molecular flexibility index (Phi) is 6.26. The van der Waals surface area contributed by atoms with E-state index in [0.717, 1.165) is 49.1 Å². The Balaban J connectivity index is 1.23. The molecule has 3 heterocycles. The summed E-state index contributed by atoms with van der Waals surface area (Å²) in [4.78, 5) is 20.0. The van der Waals surface area contributed by atoms with Crippen LogP contribution in [0.15, 0.2) is 41.6 Å². The number of nitrogens with two attached hydrogens (primary N) is 1. The number of rotatable bonds is 6. The maximum atomic E-state index is 12.9. The van der Waals surface area contributed by atoms with Crippen molar-refractivity contribution in [3.05, 3.63) is 53.5 Å². The summed E-state index contributed by atoms with van der Waals surface area (Å²) in [6.45, 7) is 2.02. The van der Waals surface area contributed by atoms with Crippen LogP contribution in [0.25, 0.3) is 5.52 Å². The molecule has 1 fully saturated rings. The summed E-state index contributed by atoms with van der Waals surface area (Å²) in [5.41, 5.74) is 4.54. The predicted octanol–water partition coefficient (Wildman–Crippen LogP) is 1.83. The minimum absolute atomic E-state index is 0.0494. The fraction of sp³-hybridized carbons (Fsp3) is 0.458. The molecule has 34 heavy (non-hydrogen) atoms. The number of hydrogen-bond donors (Lipinski definition) is 2. The minimum atomic E-state index is -3.70. The lowest BCUT2D eigenvalue weighted by molar-refractivity contribution is -0.125. The number of carbonyl (C=O) groups is 1. The molecule has 1 atom stereocenters. The molecule has 0 saturated carbocycles. The molecule has 1 aliphatic heterocycles. The summed E-state index contributed by atoms with van der Waals surface area (Å²) >= 11 is 0. The first-order valence-electron chi connectivity index (χ1n) is 11.9. The highest BCUT2D eigenvalue weighted by molar-refractivity contribution is 7.89. The lowest BCUT2D eigenvalue weighted by atomic mass is 9.95. The first-order chi connectivity index (χ1) is 16.4. The molecule has 3 N–H and O–H groups in total. The van der Waals surface area contributed by atoms with Gasteiger partial charge in [-0.25, -0.2) is 23.1 Å². The summed E-state index contributed by atoms with van der Waals surface area (Å²) in [7, 11) is -3.70. The second-order valence-electron chi connectivity index (χ2n) is 9.19. The molecule has 0 bridgehead atoms. The van der Waals surface area contributed by atoms with Gasteiger partial charge >= 0.3 is 0 Å². The largest absolute Gasteiger partial charge is 0.355 e. The summed E-state index contributed by atoms with van der Waals surface area (Å²) in [6, 6.07) is 6.45. The number of anilines is 1. The van der Waals surface area contributed by atoms with Crippen molar-refractivity contribution < 1.29 is 13.2 Å². The molecular weight excluding hydrogens is 452 g/mol. The number of fused-ring (bicyclic) bond motifs is 3. The standard InChI is InChI=1S/C24H30N6O3S/c25-34(32,33)19-9-7-17(8-10-19)11-12-27-24(31)18-4-3-14-29(16-18)23-22-20-5-1-2-6-21(20)28-30(22)15-13-26-23/h7-10,13,15,18H,1-6,11-12,14,16H2,(H,27,31)(H2,25,32,33)/t18-/m1/s1. The highest BCUT2D eigenvalue weighted by Gasteiger charge is 2.29. The van der Waals surface area contributed by atoms with Crippen molar-refractivity contribution in [2.24, 2.45) is 11.1 Å². The molecule has 2 aromatic heterocycles. The summed E-state index contributed by atoms with van der Waals surface area (Å²) < 4.78 is 24.7. The second kappa shape index (κ2) is 9.34. The van der Waals surface area contributed by atoms with E-state index in [0.29, 0.717) is 19.5 Å². The van der Waals surface area contributed by atoms with Crippen molar-refractivity contribution in [2.75, 3.05) is 24.5 Å². The van der Waals surface area contributed by atoms with E-state index in [4.69, 9.17) is 15.2 Å². The van der Waals surface area contributed by atoms with Crippen LogP contribution < -0.4 is 15.4 Å². The lowest BCUT2D eigenvalue weighted by Gasteiger charge is -2.33. The first kappa shape index (κ1) is 22.8. The number of primary sulfonamides is 1. The van der Waals surface area contributed by atoms with Crippen molar-refractivity contribution in [2.45, 2.75) is 49.8 Å². The van der Waals surface area contributed by atoms with Crippen LogP contribution in [-0.4, -0.2) is 48.6 Å². The Morgan fingerprint density at radius 2 is 1.94 bits per heavy atom.